The lowest BCUT2D eigenvalue weighted by atomic mass is 9.99. The van der Waals surface area contributed by atoms with Crippen LogP contribution >= 0.6 is 15.9 Å². The van der Waals surface area contributed by atoms with Crippen molar-refractivity contribution >= 4 is 15.9 Å². The van der Waals surface area contributed by atoms with Crippen LogP contribution in [0.3, 0.4) is 0 Å². The highest BCUT2D eigenvalue weighted by molar-refractivity contribution is 9.10. The van der Waals surface area contributed by atoms with Crippen LogP contribution < -0.4 is 10.1 Å². The molecule has 0 fully saturated rings. The molecule has 0 aliphatic rings. The van der Waals surface area contributed by atoms with Gasteiger partial charge in [0.25, 0.3) is 0 Å². The van der Waals surface area contributed by atoms with Gasteiger partial charge in [-0.1, -0.05) is 36.7 Å². The Labute approximate surface area is 126 Å². The SMILES string of the molecule is CCCNC(CCCOc1ccc(Br)cc1)C(C)C. The second kappa shape index (κ2) is 9.38. The van der Waals surface area contributed by atoms with Gasteiger partial charge >= 0.3 is 0 Å². The second-order valence-electron chi connectivity index (χ2n) is 5.25. The topological polar surface area (TPSA) is 21.3 Å². The van der Waals surface area contributed by atoms with Crippen LogP contribution in [0.25, 0.3) is 0 Å². The molecule has 108 valence electrons. The first-order valence-corrected chi connectivity index (χ1v) is 8.04. The maximum atomic E-state index is 5.75. The number of halogens is 1. The molecule has 0 aliphatic heterocycles. The highest BCUT2D eigenvalue weighted by Crippen LogP contribution is 2.16. The van der Waals surface area contributed by atoms with Crippen LogP contribution in [0.5, 0.6) is 5.75 Å². The molecule has 0 spiro atoms. The van der Waals surface area contributed by atoms with Gasteiger partial charge in [-0.25, -0.2) is 0 Å². The van der Waals surface area contributed by atoms with E-state index in [0.717, 1.165) is 29.8 Å². The molecule has 0 aromatic heterocycles. The Morgan fingerprint density at radius 3 is 2.47 bits per heavy atom. The fourth-order valence-electron chi connectivity index (χ4n) is 2.02. The van der Waals surface area contributed by atoms with Crippen molar-refractivity contribution in [2.24, 2.45) is 5.92 Å². The summed E-state index contributed by atoms with van der Waals surface area (Å²) in [5.74, 6) is 1.63. The summed E-state index contributed by atoms with van der Waals surface area (Å²) < 4.78 is 6.83. The second-order valence-corrected chi connectivity index (χ2v) is 6.16. The van der Waals surface area contributed by atoms with Crippen LogP contribution in [-0.2, 0) is 0 Å². The zero-order chi connectivity index (χ0) is 14.1. The molecule has 1 aromatic rings. The molecule has 2 nitrogen and oxygen atoms in total. The van der Waals surface area contributed by atoms with Crippen molar-refractivity contribution < 1.29 is 4.74 Å². The van der Waals surface area contributed by atoms with E-state index in [1.54, 1.807) is 0 Å². The van der Waals surface area contributed by atoms with Crippen molar-refractivity contribution in [2.75, 3.05) is 13.2 Å². The lowest BCUT2D eigenvalue weighted by molar-refractivity contribution is 0.281. The van der Waals surface area contributed by atoms with E-state index >= 15 is 0 Å². The molecule has 1 N–H and O–H groups in total. The van der Waals surface area contributed by atoms with Gasteiger partial charge in [0.05, 0.1) is 6.61 Å². The maximum Gasteiger partial charge on any atom is 0.119 e. The molecule has 1 aromatic carbocycles. The summed E-state index contributed by atoms with van der Waals surface area (Å²) in [5, 5.41) is 3.61. The molecule has 0 amide bonds. The number of ether oxygens (including phenoxy) is 1. The predicted octanol–water partition coefficient (Wildman–Crippen LogP) is 4.63. The van der Waals surface area contributed by atoms with Crippen molar-refractivity contribution in [1.29, 1.82) is 0 Å². The lowest BCUT2D eigenvalue weighted by Gasteiger charge is -2.22. The van der Waals surface area contributed by atoms with E-state index < -0.39 is 0 Å². The molecule has 0 aliphatic carbocycles. The third-order valence-electron chi connectivity index (χ3n) is 3.20. The summed E-state index contributed by atoms with van der Waals surface area (Å²) >= 11 is 3.42. The molecule has 0 saturated heterocycles. The van der Waals surface area contributed by atoms with E-state index in [-0.39, 0.29) is 0 Å². The van der Waals surface area contributed by atoms with Crippen molar-refractivity contribution in [2.45, 2.75) is 46.1 Å². The van der Waals surface area contributed by atoms with Crippen molar-refractivity contribution in [3.05, 3.63) is 28.7 Å². The Balaban J connectivity index is 2.22. The van der Waals surface area contributed by atoms with Crippen LogP contribution in [0.2, 0.25) is 0 Å². The Hall–Kier alpha value is -0.540. The molecule has 0 saturated carbocycles. The van der Waals surface area contributed by atoms with E-state index in [1.807, 2.05) is 24.3 Å². The van der Waals surface area contributed by atoms with Crippen LogP contribution in [0.4, 0.5) is 0 Å². The van der Waals surface area contributed by atoms with Gasteiger partial charge in [-0.15, -0.1) is 0 Å². The molecule has 1 atom stereocenters. The van der Waals surface area contributed by atoms with Crippen molar-refractivity contribution in [1.82, 2.24) is 5.32 Å². The van der Waals surface area contributed by atoms with Gasteiger partial charge in [-0.05, 0) is 56.0 Å². The van der Waals surface area contributed by atoms with Gasteiger partial charge in [0, 0.05) is 10.5 Å². The summed E-state index contributed by atoms with van der Waals surface area (Å²) in [5.41, 5.74) is 0. The van der Waals surface area contributed by atoms with E-state index in [4.69, 9.17) is 4.74 Å². The number of rotatable bonds is 9. The summed E-state index contributed by atoms with van der Waals surface area (Å²) in [6, 6.07) is 8.62. The van der Waals surface area contributed by atoms with Gasteiger partial charge in [0.1, 0.15) is 5.75 Å². The van der Waals surface area contributed by atoms with Gasteiger partial charge in [0.15, 0.2) is 0 Å². The molecule has 0 radical (unpaired) electrons. The van der Waals surface area contributed by atoms with Gasteiger partial charge in [-0.2, -0.15) is 0 Å². The van der Waals surface area contributed by atoms with Crippen LogP contribution in [0.15, 0.2) is 28.7 Å². The monoisotopic (exact) mass is 327 g/mol. The normalized spacial score (nSPS) is 12.7. The Kier molecular flexibility index (Phi) is 8.15. The number of hydrogen-bond acceptors (Lipinski definition) is 2. The predicted molar refractivity (Wildman–Crippen MR) is 85.8 cm³/mol. The van der Waals surface area contributed by atoms with Gasteiger partial charge < -0.3 is 10.1 Å². The summed E-state index contributed by atoms with van der Waals surface area (Å²) in [7, 11) is 0. The fraction of sp³-hybridized carbons (Fsp3) is 0.625. The first-order chi connectivity index (χ1) is 9.13. The standard InChI is InChI=1S/C16H26BrNO/c1-4-11-18-16(13(2)3)6-5-12-19-15-9-7-14(17)8-10-15/h7-10,13,16,18H,4-6,11-12H2,1-3H3. The minimum atomic E-state index is 0.605. The summed E-state index contributed by atoms with van der Waals surface area (Å²) in [4.78, 5) is 0. The van der Waals surface area contributed by atoms with Crippen LogP contribution in [-0.4, -0.2) is 19.2 Å². The van der Waals surface area contributed by atoms with Crippen molar-refractivity contribution in [3.8, 4) is 5.75 Å². The van der Waals surface area contributed by atoms with E-state index in [9.17, 15) is 0 Å². The molecule has 1 unspecified atom stereocenters. The van der Waals surface area contributed by atoms with Gasteiger partial charge in [-0.3, -0.25) is 0 Å². The first kappa shape index (κ1) is 16.5. The zero-order valence-corrected chi connectivity index (χ0v) is 13.9. The quantitative estimate of drug-likeness (QED) is 0.667. The largest absolute Gasteiger partial charge is 0.494 e. The molecule has 19 heavy (non-hydrogen) atoms. The number of nitrogens with one attached hydrogen (secondary N) is 1. The van der Waals surface area contributed by atoms with Crippen molar-refractivity contribution in [3.63, 3.8) is 0 Å². The Bertz CT molecular complexity index is 337. The molecular formula is C16H26BrNO. The fourth-order valence-corrected chi connectivity index (χ4v) is 2.29. The summed E-state index contributed by atoms with van der Waals surface area (Å²) in [6.07, 6.45) is 3.46. The lowest BCUT2D eigenvalue weighted by Crippen LogP contribution is -2.34. The van der Waals surface area contributed by atoms with E-state index in [1.165, 1.54) is 12.8 Å². The third-order valence-corrected chi connectivity index (χ3v) is 3.73. The number of hydrogen-bond donors (Lipinski definition) is 1. The maximum absolute atomic E-state index is 5.75. The highest BCUT2D eigenvalue weighted by atomic mass is 79.9. The van der Waals surface area contributed by atoms with Crippen LogP contribution in [0, 0.1) is 5.92 Å². The molecule has 1 rings (SSSR count). The number of benzene rings is 1. The minimum absolute atomic E-state index is 0.605. The molecule has 3 heteroatoms. The van der Waals surface area contributed by atoms with E-state index in [2.05, 4.69) is 42.0 Å². The smallest absolute Gasteiger partial charge is 0.119 e. The molecule has 0 heterocycles. The highest BCUT2D eigenvalue weighted by Gasteiger charge is 2.11. The van der Waals surface area contributed by atoms with Gasteiger partial charge in [0.2, 0.25) is 0 Å². The minimum Gasteiger partial charge on any atom is -0.494 e. The van der Waals surface area contributed by atoms with E-state index in [0.29, 0.717) is 12.0 Å². The Morgan fingerprint density at radius 1 is 1.21 bits per heavy atom. The summed E-state index contributed by atoms with van der Waals surface area (Å²) in [6.45, 7) is 8.67. The molecular weight excluding hydrogens is 302 g/mol. The third kappa shape index (κ3) is 6.98. The first-order valence-electron chi connectivity index (χ1n) is 7.25. The molecule has 0 bridgehead atoms. The average Bonchev–Trinajstić information content (AvgIpc) is 2.39. The average molecular weight is 328 g/mol. The zero-order valence-electron chi connectivity index (χ0n) is 12.3. The Morgan fingerprint density at radius 2 is 1.89 bits per heavy atom. The van der Waals surface area contributed by atoms with Crippen LogP contribution in [0.1, 0.15) is 40.0 Å².